The summed E-state index contributed by atoms with van der Waals surface area (Å²) in [5.74, 6) is 0.808. The van der Waals surface area contributed by atoms with Crippen molar-refractivity contribution < 1.29 is 18.9 Å². The molecule has 8 aromatic rings. The van der Waals surface area contributed by atoms with Gasteiger partial charge in [0, 0.05) is 40.6 Å². The lowest BCUT2D eigenvalue weighted by Crippen LogP contribution is -2.12. The monoisotopic (exact) mass is 672 g/mol. The second-order valence-corrected chi connectivity index (χ2v) is 12.5. The topological polar surface area (TPSA) is 45.1 Å². The number of rotatable bonds is 14. The van der Waals surface area contributed by atoms with Gasteiger partial charge < -0.3 is 28.4 Å². The van der Waals surface area contributed by atoms with Crippen molar-refractivity contribution in [3.05, 3.63) is 152 Å². The lowest BCUT2D eigenvalue weighted by atomic mass is 10.1. The van der Waals surface area contributed by atoms with Crippen LogP contribution in [0.4, 0.5) is 17.1 Å². The molecule has 1 aromatic heterocycles. The number of methoxy groups -OCH3 is 1. The van der Waals surface area contributed by atoms with Gasteiger partial charge in [0.2, 0.25) is 0 Å². The lowest BCUT2D eigenvalue weighted by molar-refractivity contribution is 0.0180. The van der Waals surface area contributed by atoms with Crippen molar-refractivity contribution in [3.63, 3.8) is 0 Å². The van der Waals surface area contributed by atoms with E-state index < -0.39 is 0 Å². The molecule has 1 heterocycles. The third kappa shape index (κ3) is 6.90. The molecule has 6 nitrogen and oxygen atoms in total. The number of benzene rings is 7. The molecule has 51 heavy (non-hydrogen) atoms. The van der Waals surface area contributed by atoms with E-state index in [0.717, 1.165) is 39.5 Å². The van der Waals surface area contributed by atoms with Crippen LogP contribution in [-0.2, 0) is 14.2 Å². The van der Waals surface area contributed by atoms with Crippen molar-refractivity contribution in [2.45, 2.75) is 0 Å². The molecular weight excluding hydrogens is 633 g/mol. The van der Waals surface area contributed by atoms with Gasteiger partial charge in [-0.15, -0.1) is 0 Å². The summed E-state index contributed by atoms with van der Waals surface area (Å²) < 4.78 is 24.4. The molecule has 0 bridgehead atoms. The van der Waals surface area contributed by atoms with Crippen LogP contribution in [0, 0.1) is 0 Å². The van der Waals surface area contributed by atoms with Crippen LogP contribution < -0.4 is 9.64 Å². The van der Waals surface area contributed by atoms with E-state index in [2.05, 4.69) is 149 Å². The average Bonchev–Trinajstić information content (AvgIpc) is 3.51. The highest BCUT2D eigenvalue weighted by Crippen LogP contribution is 2.41. The van der Waals surface area contributed by atoms with Crippen LogP contribution in [0.2, 0.25) is 0 Å². The molecule has 7 aromatic carbocycles. The third-order valence-corrected chi connectivity index (χ3v) is 9.29. The van der Waals surface area contributed by atoms with Gasteiger partial charge in [-0.25, -0.2) is 0 Å². The van der Waals surface area contributed by atoms with Crippen LogP contribution in [0.15, 0.2) is 152 Å². The molecule has 0 spiro atoms. The van der Waals surface area contributed by atoms with E-state index in [-0.39, 0.29) is 0 Å². The molecule has 0 saturated carbocycles. The van der Waals surface area contributed by atoms with Gasteiger partial charge in [-0.1, -0.05) is 78.9 Å². The molecule has 0 amide bonds. The Morgan fingerprint density at radius 1 is 0.451 bits per heavy atom. The van der Waals surface area contributed by atoms with Crippen LogP contribution in [0.3, 0.4) is 0 Å². The molecule has 0 unspecified atom stereocenters. The Hall–Kier alpha value is -5.66. The summed E-state index contributed by atoms with van der Waals surface area (Å²) >= 11 is 0. The van der Waals surface area contributed by atoms with E-state index >= 15 is 0 Å². The van der Waals surface area contributed by atoms with Crippen molar-refractivity contribution in [1.29, 1.82) is 0 Å². The van der Waals surface area contributed by atoms with Crippen molar-refractivity contribution in [3.8, 4) is 11.4 Å². The zero-order valence-electron chi connectivity index (χ0n) is 28.7. The fraction of sp³-hybridized carbons (Fsp3) is 0.156. The maximum absolute atomic E-state index is 5.98. The fourth-order valence-electron chi connectivity index (χ4n) is 6.83. The van der Waals surface area contributed by atoms with Crippen LogP contribution in [-0.4, -0.2) is 51.3 Å². The Morgan fingerprint density at radius 3 is 1.65 bits per heavy atom. The van der Waals surface area contributed by atoms with Crippen LogP contribution in [0.1, 0.15) is 0 Å². The van der Waals surface area contributed by atoms with E-state index in [0.29, 0.717) is 39.6 Å². The molecule has 0 aliphatic rings. The number of anilines is 3. The molecule has 0 aliphatic heterocycles. The number of fused-ring (bicyclic) bond motifs is 5. The highest BCUT2D eigenvalue weighted by Gasteiger charge is 2.18. The first-order valence-electron chi connectivity index (χ1n) is 17.5. The van der Waals surface area contributed by atoms with E-state index in [1.165, 1.54) is 32.3 Å². The Morgan fingerprint density at radius 2 is 0.980 bits per heavy atom. The maximum Gasteiger partial charge on any atom is 0.119 e. The van der Waals surface area contributed by atoms with E-state index in [1.54, 1.807) is 7.11 Å². The van der Waals surface area contributed by atoms with E-state index in [1.807, 2.05) is 12.1 Å². The molecule has 0 aliphatic carbocycles. The van der Waals surface area contributed by atoms with Crippen molar-refractivity contribution in [2.75, 3.05) is 51.7 Å². The minimum atomic E-state index is 0.473. The molecular formula is C45H40N2O4. The second-order valence-electron chi connectivity index (χ2n) is 12.5. The quantitative estimate of drug-likeness (QED) is 0.108. The number of hydrogen-bond acceptors (Lipinski definition) is 5. The summed E-state index contributed by atoms with van der Waals surface area (Å²) in [6.45, 7) is 3.21. The van der Waals surface area contributed by atoms with Gasteiger partial charge in [0.15, 0.2) is 0 Å². The fourth-order valence-corrected chi connectivity index (χ4v) is 6.83. The summed E-state index contributed by atoms with van der Waals surface area (Å²) in [7, 11) is 1.66. The van der Waals surface area contributed by atoms with Gasteiger partial charge in [0.05, 0.1) is 44.1 Å². The summed E-state index contributed by atoms with van der Waals surface area (Å²) in [5, 5.41) is 7.27. The van der Waals surface area contributed by atoms with Crippen LogP contribution >= 0.6 is 0 Å². The maximum atomic E-state index is 5.98. The van der Waals surface area contributed by atoms with Gasteiger partial charge >= 0.3 is 0 Å². The summed E-state index contributed by atoms with van der Waals surface area (Å²) in [4.78, 5) is 2.37. The van der Waals surface area contributed by atoms with E-state index in [9.17, 15) is 0 Å². The van der Waals surface area contributed by atoms with Crippen molar-refractivity contribution in [2.24, 2.45) is 0 Å². The summed E-state index contributed by atoms with van der Waals surface area (Å²) in [6, 6.07) is 54.3. The highest BCUT2D eigenvalue weighted by atomic mass is 16.6. The van der Waals surface area contributed by atoms with Gasteiger partial charge in [-0.3, -0.25) is 0 Å². The van der Waals surface area contributed by atoms with Crippen LogP contribution in [0.25, 0.3) is 49.0 Å². The first-order chi connectivity index (χ1) is 25.3. The largest absolute Gasteiger partial charge is 0.491 e. The number of para-hydroxylation sites is 1. The highest BCUT2D eigenvalue weighted by molar-refractivity contribution is 6.11. The minimum Gasteiger partial charge on any atom is -0.491 e. The lowest BCUT2D eigenvalue weighted by Gasteiger charge is -2.26. The minimum absolute atomic E-state index is 0.473. The third-order valence-electron chi connectivity index (χ3n) is 9.29. The molecule has 8 rings (SSSR count). The van der Waals surface area contributed by atoms with Gasteiger partial charge in [0.1, 0.15) is 12.4 Å². The predicted molar refractivity (Wildman–Crippen MR) is 209 cm³/mol. The molecule has 0 saturated heterocycles. The normalized spacial score (nSPS) is 11.5. The second kappa shape index (κ2) is 15.1. The Kier molecular flexibility index (Phi) is 9.62. The SMILES string of the molecule is COCCOCCOCCOc1ccc(-n2c3ccccc3c3cc(N(c4ccc5ccccc5c4)c4ccc5ccccc5c4)ccc32)cc1. The number of aromatic nitrogens is 1. The molecule has 0 N–H and O–H groups in total. The zero-order chi connectivity index (χ0) is 34.4. The first kappa shape index (κ1) is 32.5. The van der Waals surface area contributed by atoms with E-state index in [4.69, 9.17) is 18.9 Å². The Bertz CT molecular complexity index is 2340. The molecule has 254 valence electrons. The van der Waals surface area contributed by atoms with Crippen LogP contribution in [0.5, 0.6) is 5.75 Å². The predicted octanol–water partition coefficient (Wildman–Crippen LogP) is 10.6. The number of hydrogen-bond donors (Lipinski definition) is 0. The molecule has 6 heteroatoms. The smallest absolute Gasteiger partial charge is 0.119 e. The Balaban J connectivity index is 1.12. The molecule has 0 radical (unpaired) electrons. The number of ether oxygens (including phenoxy) is 4. The summed E-state index contributed by atoms with van der Waals surface area (Å²) in [6.07, 6.45) is 0. The van der Waals surface area contributed by atoms with Gasteiger partial charge in [0.25, 0.3) is 0 Å². The average molecular weight is 673 g/mol. The first-order valence-corrected chi connectivity index (χ1v) is 17.5. The summed E-state index contributed by atoms with van der Waals surface area (Å²) in [5.41, 5.74) is 6.70. The zero-order valence-corrected chi connectivity index (χ0v) is 28.7. The van der Waals surface area contributed by atoms with Crippen molar-refractivity contribution >= 4 is 60.4 Å². The number of nitrogens with zero attached hydrogens (tertiary/aromatic N) is 2. The Labute approximate surface area is 298 Å². The van der Waals surface area contributed by atoms with Crippen molar-refractivity contribution in [1.82, 2.24) is 4.57 Å². The standard InChI is InChI=1S/C45H40N2O4/c1-48-24-25-49-26-27-50-28-29-51-41-21-18-37(19-22-41)47-44-13-7-6-12-42(44)43-32-40(20-23-45(43)47)46(38-16-14-33-8-2-4-10-35(33)30-38)39-17-15-34-9-3-5-11-36(34)31-39/h2-23,30-32H,24-29H2,1H3. The van der Waals surface area contributed by atoms with Gasteiger partial charge in [-0.2, -0.15) is 0 Å². The van der Waals surface area contributed by atoms with Gasteiger partial charge in [-0.05, 0) is 94.3 Å². The molecule has 0 atom stereocenters. The molecule has 0 fully saturated rings.